The maximum atomic E-state index is 6.23. The second-order valence-corrected chi connectivity index (χ2v) is 4.99. The summed E-state index contributed by atoms with van der Waals surface area (Å²) in [6.45, 7) is 4.88. The molecule has 0 aliphatic rings. The van der Waals surface area contributed by atoms with Crippen LogP contribution in [0.25, 0.3) is 0 Å². The summed E-state index contributed by atoms with van der Waals surface area (Å²) in [6, 6.07) is 11.8. The van der Waals surface area contributed by atoms with Crippen molar-refractivity contribution >= 4 is 11.6 Å². The monoisotopic (exact) mass is 275 g/mol. The topological polar surface area (TPSA) is 21.3 Å². The first kappa shape index (κ1) is 13.9. The molecular formula is C16H18ClNO. The van der Waals surface area contributed by atoms with Gasteiger partial charge in [-0.1, -0.05) is 29.8 Å². The minimum atomic E-state index is 0.720. The first-order chi connectivity index (χ1) is 9.11. The molecule has 0 unspecified atom stereocenters. The van der Waals surface area contributed by atoms with Crippen LogP contribution >= 0.6 is 11.6 Å². The van der Waals surface area contributed by atoms with E-state index in [1.54, 1.807) is 0 Å². The number of hydrogen-bond donors (Lipinski definition) is 1. The van der Waals surface area contributed by atoms with Crippen molar-refractivity contribution in [2.45, 2.75) is 20.4 Å². The molecule has 0 radical (unpaired) electrons. The lowest BCUT2D eigenvalue weighted by atomic mass is 10.1. The van der Waals surface area contributed by atoms with Gasteiger partial charge in [0, 0.05) is 11.6 Å². The van der Waals surface area contributed by atoms with Gasteiger partial charge in [-0.3, -0.25) is 0 Å². The van der Waals surface area contributed by atoms with Crippen molar-refractivity contribution in [3.8, 4) is 11.5 Å². The number of benzene rings is 2. The predicted molar refractivity (Wildman–Crippen MR) is 80.2 cm³/mol. The van der Waals surface area contributed by atoms with Crippen molar-refractivity contribution in [3.05, 3.63) is 58.1 Å². The molecule has 0 amide bonds. The number of hydrogen-bond acceptors (Lipinski definition) is 2. The van der Waals surface area contributed by atoms with Gasteiger partial charge in [-0.05, 0) is 55.8 Å². The van der Waals surface area contributed by atoms with Gasteiger partial charge >= 0.3 is 0 Å². The van der Waals surface area contributed by atoms with Crippen LogP contribution in [-0.2, 0) is 6.54 Å². The Balaban J connectivity index is 2.24. The molecule has 100 valence electrons. The molecule has 3 heteroatoms. The predicted octanol–water partition coefficient (Wildman–Crippen LogP) is 4.47. The van der Waals surface area contributed by atoms with Gasteiger partial charge in [0.2, 0.25) is 0 Å². The maximum Gasteiger partial charge on any atom is 0.130 e. The highest BCUT2D eigenvalue weighted by atomic mass is 35.5. The first-order valence-corrected chi connectivity index (χ1v) is 6.66. The molecule has 0 spiro atoms. The Bertz CT molecular complexity index is 581. The SMILES string of the molecule is CNCc1ccc(Oc2cccc(C)c2C)cc1Cl. The largest absolute Gasteiger partial charge is 0.457 e. The Labute approximate surface area is 119 Å². The van der Waals surface area contributed by atoms with Crippen molar-refractivity contribution in [1.29, 1.82) is 0 Å². The summed E-state index contributed by atoms with van der Waals surface area (Å²) in [5.41, 5.74) is 3.44. The third kappa shape index (κ3) is 3.28. The Morgan fingerprint density at radius 3 is 2.63 bits per heavy atom. The van der Waals surface area contributed by atoms with E-state index in [0.29, 0.717) is 0 Å². The lowest BCUT2D eigenvalue weighted by molar-refractivity contribution is 0.478. The van der Waals surface area contributed by atoms with E-state index in [1.807, 2.05) is 37.4 Å². The van der Waals surface area contributed by atoms with Crippen molar-refractivity contribution in [3.63, 3.8) is 0 Å². The van der Waals surface area contributed by atoms with Gasteiger partial charge < -0.3 is 10.1 Å². The lowest BCUT2D eigenvalue weighted by Crippen LogP contribution is -2.05. The number of rotatable bonds is 4. The fourth-order valence-electron chi connectivity index (χ4n) is 1.89. The standard InChI is InChI=1S/C16H18ClNO/c1-11-5-4-6-16(12(11)2)19-14-8-7-13(10-18-3)15(17)9-14/h4-9,18H,10H2,1-3H3. The van der Waals surface area contributed by atoms with E-state index in [9.17, 15) is 0 Å². The average Bonchev–Trinajstić information content (AvgIpc) is 2.38. The molecule has 0 aromatic heterocycles. The lowest BCUT2D eigenvalue weighted by Gasteiger charge is -2.12. The maximum absolute atomic E-state index is 6.23. The van der Waals surface area contributed by atoms with Gasteiger partial charge in [-0.15, -0.1) is 0 Å². The van der Waals surface area contributed by atoms with Crippen molar-refractivity contribution in [2.75, 3.05) is 7.05 Å². The second kappa shape index (κ2) is 6.09. The van der Waals surface area contributed by atoms with Crippen LogP contribution < -0.4 is 10.1 Å². The molecule has 19 heavy (non-hydrogen) atoms. The molecule has 0 fully saturated rings. The zero-order chi connectivity index (χ0) is 13.8. The highest BCUT2D eigenvalue weighted by Gasteiger charge is 2.06. The highest BCUT2D eigenvalue weighted by molar-refractivity contribution is 6.31. The molecule has 0 saturated carbocycles. The third-order valence-electron chi connectivity index (χ3n) is 3.17. The van der Waals surface area contributed by atoms with Gasteiger partial charge in [0.1, 0.15) is 11.5 Å². The molecule has 0 saturated heterocycles. The van der Waals surface area contributed by atoms with Crippen LogP contribution in [0.3, 0.4) is 0 Å². The van der Waals surface area contributed by atoms with Gasteiger partial charge in [0.05, 0.1) is 0 Å². The molecule has 0 bridgehead atoms. The molecule has 2 nitrogen and oxygen atoms in total. The molecule has 0 heterocycles. The van der Waals surface area contributed by atoms with Crippen molar-refractivity contribution in [1.82, 2.24) is 5.32 Å². The number of aryl methyl sites for hydroxylation is 1. The second-order valence-electron chi connectivity index (χ2n) is 4.58. The fraction of sp³-hybridized carbons (Fsp3) is 0.250. The van der Waals surface area contributed by atoms with Crippen molar-refractivity contribution in [2.24, 2.45) is 0 Å². The molecule has 1 N–H and O–H groups in total. The summed E-state index contributed by atoms with van der Waals surface area (Å²) >= 11 is 6.23. The van der Waals surface area contributed by atoms with Crippen LogP contribution in [-0.4, -0.2) is 7.05 Å². The zero-order valence-electron chi connectivity index (χ0n) is 11.5. The summed E-state index contributed by atoms with van der Waals surface area (Å²) in [5.74, 6) is 1.64. The molecular weight excluding hydrogens is 258 g/mol. The highest BCUT2D eigenvalue weighted by Crippen LogP contribution is 2.29. The number of ether oxygens (including phenoxy) is 1. The van der Waals surface area contributed by atoms with Crippen LogP contribution in [0, 0.1) is 13.8 Å². The van der Waals surface area contributed by atoms with E-state index in [0.717, 1.165) is 34.2 Å². The van der Waals surface area contributed by atoms with Gasteiger partial charge in [-0.2, -0.15) is 0 Å². The van der Waals surface area contributed by atoms with E-state index in [-0.39, 0.29) is 0 Å². The summed E-state index contributed by atoms with van der Waals surface area (Å²) in [6.07, 6.45) is 0. The van der Waals surface area contributed by atoms with Crippen LogP contribution in [0.15, 0.2) is 36.4 Å². The summed E-state index contributed by atoms with van der Waals surface area (Å²) in [4.78, 5) is 0. The molecule has 0 aliphatic carbocycles. The molecule has 0 aliphatic heterocycles. The number of nitrogens with one attached hydrogen (secondary N) is 1. The smallest absolute Gasteiger partial charge is 0.130 e. The molecule has 2 rings (SSSR count). The summed E-state index contributed by atoms with van der Waals surface area (Å²) in [7, 11) is 1.90. The number of halogens is 1. The Morgan fingerprint density at radius 2 is 1.95 bits per heavy atom. The van der Waals surface area contributed by atoms with Gasteiger partial charge in [0.15, 0.2) is 0 Å². The van der Waals surface area contributed by atoms with Crippen LogP contribution in [0.4, 0.5) is 0 Å². The van der Waals surface area contributed by atoms with E-state index >= 15 is 0 Å². The first-order valence-electron chi connectivity index (χ1n) is 6.29. The quantitative estimate of drug-likeness (QED) is 0.889. The van der Waals surface area contributed by atoms with Crippen molar-refractivity contribution < 1.29 is 4.74 Å². The van der Waals surface area contributed by atoms with Crippen LogP contribution in [0.5, 0.6) is 11.5 Å². The van der Waals surface area contributed by atoms with E-state index in [4.69, 9.17) is 16.3 Å². The van der Waals surface area contributed by atoms with Crippen LogP contribution in [0.2, 0.25) is 5.02 Å². The van der Waals surface area contributed by atoms with E-state index in [2.05, 4.69) is 25.2 Å². The van der Waals surface area contributed by atoms with Gasteiger partial charge in [-0.25, -0.2) is 0 Å². The van der Waals surface area contributed by atoms with Gasteiger partial charge in [0.25, 0.3) is 0 Å². The van der Waals surface area contributed by atoms with E-state index in [1.165, 1.54) is 5.56 Å². The summed E-state index contributed by atoms with van der Waals surface area (Å²) in [5, 5.41) is 3.80. The normalized spacial score (nSPS) is 10.5. The average molecular weight is 276 g/mol. The molecule has 0 atom stereocenters. The Hall–Kier alpha value is -1.51. The third-order valence-corrected chi connectivity index (χ3v) is 3.53. The minimum Gasteiger partial charge on any atom is -0.457 e. The summed E-state index contributed by atoms with van der Waals surface area (Å²) < 4.78 is 5.90. The molecule has 2 aromatic rings. The van der Waals surface area contributed by atoms with Crippen LogP contribution in [0.1, 0.15) is 16.7 Å². The minimum absolute atomic E-state index is 0.720. The van der Waals surface area contributed by atoms with E-state index < -0.39 is 0 Å². The fourth-order valence-corrected chi connectivity index (χ4v) is 2.12. The Kier molecular flexibility index (Phi) is 4.46. The zero-order valence-corrected chi connectivity index (χ0v) is 12.2. The Morgan fingerprint density at radius 1 is 1.16 bits per heavy atom. The molecule has 2 aromatic carbocycles.